The smallest absolute Gasteiger partial charge is 0.0947 e. The summed E-state index contributed by atoms with van der Waals surface area (Å²) in [6, 6.07) is 0. The third kappa shape index (κ3) is 0.454. The molecule has 0 N–H and O–H groups in total. The van der Waals surface area contributed by atoms with Crippen LogP contribution in [0.15, 0.2) is 0 Å². The van der Waals surface area contributed by atoms with E-state index < -0.39 is 0 Å². The van der Waals surface area contributed by atoms with Gasteiger partial charge in [0.05, 0.1) is 12.2 Å². The van der Waals surface area contributed by atoms with Crippen LogP contribution in [0.5, 0.6) is 0 Å². The van der Waals surface area contributed by atoms with Gasteiger partial charge in [-0.15, -0.1) is 0 Å². The summed E-state index contributed by atoms with van der Waals surface area (Å²) in [5.74, 6) is 2.03. The highest BCUT2D eigenvalue weighted by Crippen LogP contribution is 2.58. The third-order valence-electron chi connectivity index (χ3n) is 3.43. The van der Waals surface area contributed by atoms with Gasteiger partial charge in [0.2, 0.25) is 0 Å². The Morgan fingerprint density at radius 2 is 2.22 bits per heavy atom. The van der Waals surface area contributed by atoms with Crippen LogP contribution in [0.4, 0.5) is 0 Å². The fourth-order valence-electron chi connectivity index (χ4n) is 2.84. The maximum absolute atomic E-state index is 5.49. The van der Waals surface area contributed by atoms with Gasteiger partial charge >= 0.3 is 0 Å². The fourth-order valence-corrected chi connectivity index (χ4v) is 2.84. The predicted molar refractivity (Wildman–Crippen MR) is 34.1 cm³/mol. The first kappa shape index (κ1) is 4.73. The summed E-state index contributed by atoms with van der Waals surface area (Å²) in [5, 5.41) is 0. The number of fused-ring (bicyclic) bond motifs is 3. The van der Waals surface area contributed by atoms with Gasteiger partial charge in [0.25, 0.3) is 0 Å². The SMILES string of the molecule is C1C[C@@H]2C[C@H]1C[C@@]21CO1. The zero-order chi connectivity index (χ0) is 5.90. The molecular weight excluding hydrogens is 112 g/mol. The summed E-state index contributed by atoms with van der Waals surface area (Å²) in [4.78, 5) is 0. The number of ether oxygens (including phenoxy) is 1. The summed E-state index contributed by atoms with van der Waals surface area (Å²) in [6.45, 7) is 1.09. The van der Waals surface area contributed by atoms with E-state index in [0.717, 1.165) is 18.4 Å². The highest BCUT2D eigenvalue weighted by atomic mass is 16.6. The van der Waals surface area contributed by atoms with Crippen molar-refractivity contribution >= 4 is 0 Å². The second kappa shape index (κ2) is 1.20. The number of epoxide rings is 1. The maximum atomic E-state index is 5.49. The molecule has 2 saturated carbocycles. The van der Waals surface area contributed by atoms with Gasteiger partial charge in [-0.1, -0.05) is 0 Å². The minimum absolute atomic E-state index is 0.461. The van der Waals surface area contributed by atoms with Gasteiger partial charge in [0, 0.05) is 0 Å². The van der Waals surface area contributed by atoms with Gasteiger partial charge in [-0.3, -0.25) is 0 Å². The molecule has 1 heterocycles. The van der Waals surface area contributed by atoms with Crippen molar-refractivity contribution in [3.05, 3.63) is 0 Å². The van der Waals surface area contributed by atoms with Gasteiger partial charge in [-0.25, -0.2) is 0 Å². The lowest BCUT2D eigenvalue weighted by atomic mass is 9.89. The summed E-state index contributed by atoms with van der Waals surface area (Å²) in [7, 11) is 0. The van der Waals surface area contributed by atoms with Crippen molar-refractivity contribution in [1.82, 2.24) is 0 Å². The Morgan fingerprint density at radius 1 is 1.33 bits per heavy atom. The van der Waals surface area contributed by atoms with E-state index in [9.17, 15) is 0 Å². The number of rotatable bonds is 0. The first-order valence-electron chi connectivity index (χ1n) is 4.03. The summed E-state index contributed by atoms with van der Waals surface area (Å²) in [5.41, 5.74) is 0.461. The molecule has 0 amide bonds. The lowest BCUT2D eigenvalue weighted by Gasteiger charge is -2.15. The van der Waals surface area contributed by atoms with E-state index in [4.69, 9.17) is 4.74 Å². The molecule has 3 fully saturated rings. The lowest BCUT2D eigenvalue weighted by Crippen LogP contribution is -2.19. The van der Waals surface area contributed by atoms with Crippen molar-refractivity contribution < 1.29 is 4.74 Å². The van der Waals surface area contributed by atoms with Crippen molar-refractivity contribution in [3.63, 3.8) is 0 Å². The van der Waals surface area contributed by atoms with Crippen LogP contribution in [0.2, 0.25) is 0 Å². The Morgan fingerprint density at radius 3 is 2.56 bits per heavy atom. The van der Waals surface area contributed by atoms with Crippen LogP contribution in [0.3, 0.4) is 0 Å². The topological polar surface area (TPSA) is 12.5 Å². The van der Waals surface area contributed by atoms with E-state index >= 15 is 0 Å². The van der Waals surface area contributed by atoms with Crippen LogP contribution < -0.4 is 0 Å². The lowest BCUT2D eigenvalue weighted by molar-refractivity contribution is 0.218. The molecule has 2 bridgehead atoms. The molecule has 3 rings (SSSR count). The molecule has 1 spiro atoms. The van der Waals surface area contributed by atoms with Crippen molar-refractivity contribution in [2.24, 2.45) is 11.8 Å². The van der Waals surface area contributed by atoms with Crippen molar-refractivity contribution in [1.29, 1.82) is 0 Å². The van der Waals surface area contributed by atoms with Crippen molar-refractivity contribution in [2.45, 2.75) is 31.3 Å². The van der Waals surface area contributed by atoms with Crippen molar-refractivity contribution in [3.8, 4) is 0 Å². The molecule has 9 heavy (non-hydrogen) atoms. The average Bonchev–Trinajstić information content (AvgIpc) is 2.40. The molecule has 0 aromatic carbocycles. The van der Waals surface area contributed by atoms with Gasteiger partial charge < -0.3 is 4.74 Å². The molecule has 0 unspecified atom stereocenters. The molecule has 0 radical (unpaired) electrons. The molecule has 1 nitrogen and oxygen atoms in total. The second-order valence-corrected chi connectivity index (χ2v) is 3.93. The van der Waals surface area contributed by atoms with E-state index in [2.05, 4.69) is 0 Å². The Balaban J connectivity index is 1.96. The van der Waals surface area contributed by atoms with Gasteiger partial charge in [-0.05, 0) is 37.5 Å². The molecule has 1 aliphatic heterocycles. The van der Waals surface area contributed by atoms with E-state index in [-0.39, 0.29) is 0 Å². The minimum Gasteiger partial charge on any atom is -0.369 e. The summed E-state index contributed by atoms with van der Waals surface area (Å²) >= 11 is 0. The zero-order valence-electron chi connectivity index (χ0n) is 5.60. The van der Waals surface area contributed by atoms with Gasteiger partial charge in [0.15, 0.2) is 0 Å². The van der Waals surface area contributed by atoms with E-state index in [1.807, 2.05) is 0 Å². The van der Waals surface area contributed by atoms with Crippen LogP contribution in [-0.2, 0) is 4.74 Å². The molecule has 0 aromatic rings. The highest BCUT2D eigenvalue weighted by Gasteiger charge is 2.59. The van der Waals surface area contributed by atoms with Crippen LogP contribution in [0, 0.1) is 11.8 Å². The molecular formula is C8H12O. The monoisotopic (exact) mass is 124 g/mol. The molecule has 50 valence electrons. The van der Waals surface area contributed by atoms with Crippen molar-refractivity contribution in [2.75, 3.05) is 6.61 Å². The molecule has 0 aromatic heterocycles. The van der Waals surface area contributed by atoms with Crippen LogP contribution in [-0.4, -0.2) is 12.2 Å². The largest absolute Gasteiger partial charge is 0.369 e. The maximum Gasteiger partial charge on any atom is 0.0947 e. The third-order valence-corrected chi connectivity index (χ3v) is 3.43. The minimum atomic E-state index is 0.461. The summed E-state index contributed by atoms with van der Waals surface area (Å²) < 4.78 is 5.49. The van der Waals surface area contributed by atoms with Crippen LogP contribution >= 0.6 is 0 Å². The number of hydrogen-bond donors (Lipinski definition) is 0. The Bertz CT molecular complexity index is 149. The molecule has 3 aliphatic rings. The first-order chi connectivity index (χ1) is 4.39. The van der Waals surface area contributed by atoms with Crippen LogP contribution in [0.1, 0.15) is 25.7 Å². The van der Waals surface area contributed by atoms with E-state index in [1.54, 1.807) is 0 Å². The second-order valence-electron chi connectivity index (χ2n) is 3.93. The summed E-state index contributed by atoms with van der Waals surface area (Å²) in [6.07, 6.45) is 5.85. The zero-order valence-corrected chi connectivity index (χ0v) is 5.60. The predicted octanol–water partition coefficient (Wildman–Crippen LogP) is 1.58. The quantitative estimate of drug-likeness (QED) is 0.446. The Labute approximate surface area is 55.4 Å². The molecule has 3 atom stereocenters. The van der Waals surface area contributed by atoms with Gasteiger partial charge in [0.1, 0.15) is 0 Å². The average molecular weight is 124 g/mol. The first-order valence-corrected chi connectivity index (χ1v) is 4.03. The fraction of sp³-hybridized carbons (Fsp3) is 1.00. The van der Waals surface area contributed by atoms with Gasteiger partial charge in [-0.2, -0.15) is 0 Å². The van der Waals surface area contributed by atoms with E-state index in [1.165, 1.54) is 25.7 Å². The standard InChI is InChI=1S/C8H12O/c1-2-7-3-6(1)4-8(7)5-9-8/h6-7H,1-5H2/t6-,7+,8+/m0/s1. The van der Waals surface area contributed by atoms with E-state index in [0.29, 0.717) is 5.60 Å². The Kier molecular flexibility index (Phi) is 0.628. The Hall–Kier alpha value is -0.0400. The normalized spacial score (nSPS) is 61.3. The molecule has 1 heteroatoms. The van der Waals surface area contributed by atoms with Crippen LogP contribution in [0.25, 0.3) is 0 Å². The molecule has 1 saturated heterocycles. The molecule has 2 aliphatic carbocycles. The highest BCUT2D eigenvalue weighted by molar-refractivity contribution is 5.08. The number of hydrogen-bond acceptors (Lipinski definition) is 1.